The third kappa shape index (κ3) is 4.52. The average molecular weight is 358 g/mol. The first-order valence-electron chi connectivity index (χ1n) is 8.64. The first-order chi connectivity index (χ1) is 12.3. The molecule has 0 spiro atoms. The van der Waals surface area contributed by atoms with Crippen LogP contribution in [0.25, 0.3) is 0 Å². The lowest BCUT2D eigenvalue weighted by Crippen LogP contribution is -2.47. The van der Waals surface area contributed by atoms with Gasteiger partial charge in [-0.2, -0.15) is 0 Å². The number of amides is 1. The lowest BCUT2D eigenvalue weighted by Gasteiger charge is -2.21. The highest BCUT2D eigenvalue weighted by molar-refractivity contribution is 5.96. The molecule has 0 unspecified atom stereocenters. The largest absolute Gasteiger partial charge is 0.464 e. The zero-order valence-corrected chi connectivity index (χ0v) is 15.7. The molecule has 0 fully saturated rings. The number of rotatable bonds is 7. The van der Waals surface area contributed by atoms with E-state index in [2.05, 4.69) is 9.88 Å². The van der Waals surface area contributed by atoms with Gasteiger partial charge in [0.2, 0.25) is 0 Å². The standard InChI is InChI=1S/C20H26N2O4/c1-5-26-19(24)20(4,25)13-21-18(23)17-11-14(2)22(15(17)3)12-16-9-7-6-8-10-16/h6-11,25H,5,12-13H2,1-4H3,(H,21,23)/t20-/m0/s1. The second-order valence-electron chi connectivity index (χ2n) is 6.53. The summed E-state index contributed by atoms with van der Waals surface area (Å²) in [4.78, 5) is 24.2. The summed E-state index contributed by atoms with van der Waals surface area (Å²) in [5, 5.41) is 12.8. The van der Waals surface area contributed by atoms with Gasteiger partial charge in [0.15, 0.2) is 5.60 Å². The summed E-state index contributed by atoms with van der Waals surface area (Å²) >= 11 is 0. The number of esters is 1. The van der Waals surface area contributed by atoms with Gasteiger partial charge in [0.25, 0.3) is 5.91 Å². The van der Waals surface area contributed by atoms with Gasteiger partial charge in [-0.1, -0.05) is 30.3 Å². The summed E-state index contributed by atoms with van der Waals surface area (Å²) in [5.74, 6) is -1.09. The van der Waals surface area contributed by atoms with Gasteiger partial charge in [0.1, 0.15) is 0 Å². The lowest BCUT2D eigenvalue weighted by atomic mass is 10.1. The van der Waals surface area contributed by atoms with E-state index in [9.17, 15) is 14.7 Å². The van der Waals surface area contributed by atoms with Crippen molar-refractivity contribution in [3.05, 3.63) is 58.9 Å². The molecule has 0 aliphatic carbocycles. The van der Waals surface area contributed by atoms with Gasteiger partial charge in [0.05, 0.1) is 18.7 Å². The number of nitrogens with one attached hydrogen (secondary N) is 1. The predicted molar refractivity (Wildman–Crippen MR) is 99.0 cm³/mol. The lowest BCUT2D eigenvalue weighted by molar-refractivity contribution is -0.162. The summed E-state index contributed by atoms with van der Waals surface area (Å²) in [6, 6.07) is 11.8. The summed E-state index contributed by atoms with van der Waals surface area (Å²) in [7, 11) is 0. The van der Waals surface area contributed by atoms with E-state index < -0.39 is 11.6 Å². The molecule has 1 amide bonds. The maximum atomic E-state index is 12.5. The quantitative estimate of drug-likeness (QED) is 0.744. The molecule has 6 heteroatoms. The molecular weight excluding hydrogens is 332 g/mol. The van der Waals surface area contributed by atoms with Crippen molar-refractivity contribution in [2.75, 3.05) is 13.2 Å². The Kier molecular flexibility index (Phi) is 6.21. The van der Waals surface area contributed by atoms with Gasteiger partial charge in [0, 0.05) is 17.9 Å². The molecule has 1 aromatic carbocycles. The second kappa shape index (κ2) is 8.19. The minimum Gasteiger partial charge on any atom is -0.464 e. The van der Waals surface area contributed by atoms with Crippen LogP contribution >= 0.6 is 0 Å². The van der Waals surface area contributed by atoms with Crippen molar-refractivity contribution >= 4 is 11.9 Å². The Morgan fingerprint density at radius 1 is 1.23 bits per heavy atom. The first-order valence-corrected chi connectivity index (χ1v) is 8.64. The second-order valence-corrected chi connectivity index (χ2v) is 6.53. The molecular formula is C20H26N2O4. The van der Waals surface area contributed by atoms with Crippen LogP contribution in [0, 0.1) is 13.8 Å². The Hall–Kier alpha value is -2.60. The highest BCUT2D eigenvalue weighted by Crippen LogP contribution is 2.17. The van der Waals surface area contributed by atoms with Crippen LogP contribution in [0.4, 0.5) is 0 Å². The van der Waals surface area contributed by atoms with E-state index in [1.54, 1.807) is 6.92 Å². The van der Waals surface area contributed by atoms with E-state index in [0.29, 0.717) is 12.1 Å². The Morgan fingerprint density at radius 2 is 1.88 bits per heavy atom. The van der Waals surface area contributed by atoms with Crippen LogP contribution in [0.5, 0.6) is 0 Å². The number of carbonyl (C=O) groups excluding carboxylic acids is 2. The molecule has 2 rings (SSSR count). The third-order valence-corrected chi connectivity index (χ3v) is 4.31. The first kappa shape index (κ1) is 19.7. The number of nitrogens with zero attached hydrogens (tertiary/aromatic N) is 1. The van der Waals surface area contributed by atoms with Crippen LogP contribution in [-0.4, -0.2) is 40.3 Å². The minimum atomic E-state index is -1.76. The van der Waals surface area contributed by atoms with E-state index in [0.717, 1.165) is 17.0 Å². The Morgan fingerprint density at radius 3 is 2.50 bits per heavy atom. The maximum Gasteiger partial charge on any atom is 0.339 e. The fraction of sp³-hybridized carbons (Fsp3) is 0.400. The van der Waals surface area contributed by atoms with Crippen LogP contribution < -0.4 is 5.32 Å². The van der Waals surface area contributed by atoms with Crippen molar-refractivity contribution in [1.29, 1.82) is 0 Å². The van der Waals surface area contributed by atoms with Gasteiger partial charge >= 0.3 is 5.97 Å². The van der Waals surface area contributed by atoms with Crippen molar-refractivity contribution in [3.63, 3.8) is 0 Å². The van der Waals surface area contributed by atoms with E-state index in [-0.39, 0.29) is 19.1 Å². The number of carbonyl (C=O) groups is 2. The van der Waals surface area contributed by atoms with Gasteiger partial charge in [-0.15, -0.1) is 0 Å². The van der Waals surface area contributed by atoms with Crippen LogP contribution in [0.1, 0.15) is 41.2 Å². The molecule has 0 aliphatic heterocycles. The van der Waals surface area contributed by atoms with Crippen molar-refractivity contribution in [3.8, 4) is 0 Å². The molecule has 1 aromatic heterocycles. The number of hydrogen-bond donors (Lipinski definition) is 2. The Balaban J connectivity index is 2.10. The van der Waals surface area contributed by atoms with Gasteiger partial charge in [-0.3, -0.25) is 4.79 Å². The smallest absolute Gasteiger partial charge is 0.339 e. The molecule has 2 aromatic rings. The van der Waals surface area contributed by atoms with Crippen molar-refractivity contribution in [2.45, 2.75) is 39.8 Å². The number of ether oxygens (including phenoxy) is 1. The Bertz CT molecular complexity index is 779. The molecule has 2 N–H and O–H groups in total. The predicted octanol–water partition coefficient (Wildman–Crippen LogP) is 2.20. The highest BCUT2D eigenvalue weighted by Gasteiger charge is 2.32. The molecule has 140 valence electrons. The molecule has 0 bridgehead atoms. The monoisotopic (exact) mass is 358 g/mol. The zero-order chi connectivity index (χ0) is 19.3. The number of aromatic nitrogens is 1. The number of hydrogen-bond acceptors (Lipinski definition) is 4. The maximum absolute atomic E-state index is 12.5. The minimum absolute atomic E-state index is 0.170. The van der Waals surface area contributed by atoms with Crippen LogP contribution in [-0.2, 0) is 16.1 Å². The van der Waals surface area contributed by atoms with Crippen LogP contribution in [0.15, 0.2) is 36.4 Å². The number of benzene rings is 1. The normalized spacial score (nSPS) is 13.1. The van der Waals surface area contributed by atoms with E-state index in [1.807, 2.05) is 50.2 Å². The Labute approximate surface area is 153 Å². The molecule has 0 saturated carbocycles. The summed E-state index contributed by atoms with van der Waals surface area (Å²) < 4.78 is 6.88. The fourth-order valence-corrected chi connectivity index (χ4v) is 2.75. The molecule has 1 heterocycles. The van der Waals surface area contributed by atoms with Crippen LogP contribution in [0.2, 0.25) is 0 Å². The number of aryl methyl sites for hydroxylation is 1. The molecule has 1 atom stereocenters. The topological polar surface area (TPSA) is 80.6 Å². The van der Waals surface area contributed by atoms with E-state index in [4.69, 9.17) is 4.74 Å². The van der Waals surface area contributed by atoms with Crippen molar-refractivity contribution in [1.82, 2.24) is 9.88 Å². The zero-order valence-electron chi connectivity index (χ0n) is 15.7. The van der Waals surface area contributed by atoms with Gasteiger partial charge in [-0.05, 0) is 39.3 Å². The molecule has 0 saturated heterocycles. The highest BCUT2D eigenvalue weighted by atomic mass is 16.5. The van der Waals surface area contributed by atoms with Gasteiger partial charge in [-0.25, -0.2) is 4.79 Å². The molecule has 0 aliphatic rings. The van der Waals surface area contributed by atoms with Crippen molar-refractivity contribution < 1.29 is 19.4 Å². The van der Waals surface area contributed by atoms with E-state index >= 15 is 0 Å². The fourth-order valence-electron chi connectivity index (χ4n) is 2.75. The summed E-state index contributed by atoms with van der Waals surface area (Å²) in [5.41, 5.74) is 1.71. The summed E-state index contributed by atoms with van der Waals surface area (Å²) in [6.45, 7) is 7.44. The molecule has 6 nitrogen and oxygen atoms in total. The van der Waals surface area contributed by atoms with Crippen LogP contribution in [0.3, 0.4) is 0 Å². The molecule has 26 heavy (non-hydrogen) atoms. The van der Waals surface area contributed by atoms with Gasteiger partial charge < -0.3 is 19.7 Å². The van der Waals surface area contributed by atoms with Crippen molar-refractivity contribution in [2.24, 2.45) is 0 Å². The SMILES string of the molecule is CCOC(=O)[C@@](C)(O)CNC(=O)c1cc(C)n(Cc2ccccc2)c1C. The average Bonchev–Trinajstić information content (AvgIpc) is 2.89. The number of aliphatic hydroxyl groups is 1. The van der Waals surface area contributed by atoms with E-state index in [1.165, 1.54) is 6.92 Å². The molecule has 0 radical (unpaired) electrons. The summed E-state index contributed by atoms with van der Waals surface area (Å²) in [6.07, 6.45) is 0. The third-order valence-electron chi connectivity index (χ3n) is 4.31.